The van der Waals surface area contributed by atoms with E-state index in [1.807, 2.05) is 6.07 Å². The van der Waals surface area contributed by atoms with Crippen molar-refractivity contribution >= 4 is 23.2 Å². The standard InChI is InChI=1S/C13H7Cl2F3N/c14-11-9(13(16,17)18)7-19-10(12(11)15)6-8-4-2-1-3-5-8/h1-7H. The average Bonchev–Trinajstić information content (AvgIpc) is 2.35. The number of hydrogen-bond donors (Lipinski definition) is 0. The quantitative estimate of drug-likeness (QED) is 0.760. The van der Waals surface area contributed by atoms with Gasteiger partial charge in [-0.15, -0.1) is 0 Å². The predicted molar refractivity (Wildman–Crippen MR) is 68.2 cm³/mol. The topological polar surface area (TPSA) is 12.9 Å². The second-order valence-electron chi connectivity index (χ2n) is 3.74. The van der Waals surface area contributed by atoms with E-state index in [1.54, 1.807) is 30.7 Å². The van der Waals surface area contributed by atoms with Crippen molar-refractivity contribution in [2.24, 2.45) is 0 Å². The van der Waals surface area contributed by atoms with Crippen LogP contribution in [0.1, 0.15) is 16.8 Å². The second kappa shape index (κ2) is 5.39. The number of aromatic nitrogens is 1. The summed E-state index contributed by atoms with van der Waals surface area (Å²) in [5, 5.41) is -0.744. The molecule has 2 rings (SSSR count). The van der Waals surface area contributed by atoms with Crippen LogP contribution in [0.4, 0.5) is 13.2 Å². The van der Waals surface area contributed by atoms with Gasteiger partial charge in [0.1, 0.15) is 0 Å². The van der Waals surface area contributed by atoms with Crippen LogP contribution in [0.2, 0.25) is 10.0 Å². The number of halogens is 5. The van der Waals surface area contributed by atoms with Crippen LogP contribution >= 0.6 is 23.2 Å². The Kier molecular flexibility index (Phi) is 4.02. The smallest absolute Gasteiger partial charge is 0.258 e. The third-order valence-electron chi connectivity index (χ3n) is 2.40. The maximum absolute atomic E-state index is 12.6. The number of rotatable bonds is 2. The molecule has 0 saturated heterocycles. The summed E-state index contributed by atoms with van der Waals surface area (Å²) >= 11 is 11.5. The predicted octanol–water partition coefficient (Wildman–Crippen LogP) is 5.01. The zero-order valence-electron chi connectivity index (χ0n) is 9.38. The van der Waals surface area contributed by atoms with E-state index >= 15 is 0 Å². The fraction of sp³-hybridized carbons (Fsp3) is 0.0769. The SMILES string of the molecule is FC(F)(F)c1cnc([CH]c2ccccc2)c(Cl)c1Cl. The molecule has 0 saturated carbocycles. The molecule has 1 nitrogen and oxygen atoms in total. The molecular weight excluding hydrogens is 298 g/mol. The van der Waals surface area contributed by atoms with Crippen LogP contribution in [0.25, 0.3) is 0 Å². The molecule has 0 fully saturated rings. The van der Waals surface area contributed by atoms with Crippen molar-refractivity contribution in [2.75, 3.05) is 0 Å². The number of alkyl halides is 3. The van der Waals surface area contributed by atoms with Crippen molar-refractivity contribution in [2.45, 2.75) is 6.18 Å². The molecule has 1 heterocycles. The summed E-state index contributed by atoms with van der Waals surface area (Å²) in [6, 6.07) is 8.98. The van der Waals surface area contributed by atoms with E-state index in [-0.39, 0.29) is 10.7 Å². The van der Waals surface area contributed by atoms with E-state index in [4.69, 9.17) is 23.2 Å². The summed E-state index contributed by atoms with van der Waals surface area (Å²) in [7, 11) is 0. The van der Waals surface area contributed by atoms with Crippen molar-refractivity contribution < 1.29 is 13.2 Å². The maximum Gasteiger partial charge on any atom is 0.419 e. The summed E-state index contributed by atoms with van der Waals surface area (Å²) in [5.41, 5.74) is -0.0667. The van der Waals surface area contributed by atoms with Gasteiger partial charge in [-0.3, -0.25) is 4.98 Å². The number of pyridine rings is 1. The fourth-order valence-electron chi connectivity index (χ4n) is 1.48. The molecule has 19 heavy (non-hydrogen) atoms. The van der Waals surface area contributed by atoms with E-state index in [1.165, 1.54) is 0 Å². The lowest BCUT2D eigenvalue weighted by atomic mass is 10.1. The number of hydrogen-bond acceptors (Lipinski definition) is 1. The second-order valence-corrected chi connectivity index (χ2v) is 4.49. The highest BCUT2D eigenvalue weighted by atomic mass is 35.5. The first kappa shape index (κ1) is 14.2. The highest BCUT2D eigenvalue weighted by Crippen LogP contribution is 2.39. The lowest BCUT2D eigenvalue weighted by Crippen LogP contribution is -2.08. The Bertz CT molecular complexity index is 582. The first-order valence-corrected chi connectivity index (χ1v) is 5.96. The van der Waals surface area contributed by atoms with Crippen molar-refractivity contribution in [3.63, 3.8) is 0 Å². The first-order chi connectivity index (χ1) is 8.89. The molecule has 0 aliphatic rings. The Hall–Kier alpha value is -1.26. The highest BCUT2D eigenvalue weighted by molar-refractivity contribution is 6.43. The van der Waals surface area contributed by atoms with E-state index in [0.717, 1.165) is 5.56 Å². The van der Waals surface area contributed by atoms with Gasteiger partial charge in [0.25, 0.3) is 0 Å². The van der Waals surface area contributed by atoms with Crippen LogP contribution in [0.3, 0.4) is 0 Å². The lowest BCUT2D eigenvalue weighted by Gasteiger charge is -2.11. The van der Waals surface area contributed by atoms with E-state index in [9.17, 15) is 13.2 Å². The summed E-state index contributed by atoms with van der Waals surface area (Å²) in [4.78, 5) is 3.71. The molecule has 6 heteroatoms. The molecular formula is C13H7Cl2F3N. The summed E-state index contributed by atoms with van der Waals surface area (Å²) < 4.78 is 37.8. The van der Waals surface area contributed by atoms with Crippen LogP contribution in [0.5, 0.6) is 0 Å². The molecule has 0 unspecified atom stereocenters. The van der Waals surface area contributed by atoms with Gasteiger partial charge < -0.3 is 0 Å². The van der Waals surface area contributed by atoms with Crippen molar-refractivity contribution in [1.29, 1.82) is 0 Å². The summed E-state index contributed by atoms with van der Waals surface area (Å²) in [6.07, 6.45) is -2.32. The van der Waals surface area contributed by atoms with Crippen LogP contribution in [-0.2, 0) is 6.18 Å². The van der Waals surface area contributed by atoms with Gasteiger partial charge in [0, 0.05) is 12.6 Å². The van der Waals surface area contributed by atoms with Gasteiger partial charge in [-0.1, -0.05) is 53.5 Å². The Morgan fingerprint density at radius 3 is 2.21 bits per heavy atom. The van der Waals surface area contributed by atoms with Crippen molar-refractivity contribution in [1.82, 2.24) is 4.98 Å². The van der Waals surface area contributed by atoms with Crippen molar-refractivity contribution in [3.05, 3.63) is 69.8 Å². The Morgan fingerprint density at radius 2 is 1.63 bits per heavy atom. The van der Waals surface area contributed by atoms with Crippen molar-refractivity contribution in [3.8, 4) is 0 Å². The third-order valence-corrected chi connectivity index (χ3v) is 3.27. The fourth-order valence-corrected chi connectivity index (χ4v) is 1.94. The van der Waals surface area contributed by atoms with Gasteiger partial charge >= 0.3 is 6.18 Å². The Morgan fingerprint density at radius 1 is 1.00 bits per heavy atom. The van der Waals surface area contributed by atoms with Gasteiger partial charge in [0.15, 0.2) is 0 Å². The molecule has 0 bridgehead atoms. The Balaban J connectivity index is 2.37. The monoisotopic (exact) mass is 304 g/mol. The summed E-state index contributed by atoms with van der Waals surface area (Å²) in [6.45, 7) is 0. The molecule has 1 radical (unpaired) electrons. The molecule has 99 valence electrons. The molecule has 1 aromatic heterocycles. The van der Waals surface area contributed by atoms with Gasteiger partial charge in [0.2, 0.25) is 0 Å². The van der Waals surface area contributed by atoms with E-state index in [0.29, 0.717) is 6.20 Å². The molecule has 2 aromatic rings. The molecule has 0 atom stereocenters. The van der Waals surface area contributed by atoms with Crippen LogP contribution < -0.4 is 0 Å². The lowest BCUT2D eigenvalue weighted by molar-refractivity contribution is -0.137. The summed E-state index contributed by atoms with van der Waals surface area (Å²) in [5.74, 6) is 0. The number of benzene rings is 1. The normalized spacial score (nSPS) is 11.6. The van der Waals surface area contributed by atoms with Gasteiger partial charge in [-0.2, -0.15) is 13.2 Å². The minimum Gasteiger partial charge on any atom is -0.258 e. The van der Waals surface area contributed by atoms with E-state index in [2.05, 4.69) is 4.98 Å². The first-order valence-electron chi connectivity index (χ1n) is 5.20. The molecule has 0 N–H and O–H groups in total. The highest BCUT2D eigenvalue weighted by Gasteiger charge is 2.35. The molecule has 0 amide bonds. The zero-order chi connectivity index (χ0) is 14.0. The third kappa shape index (κ3) is 3.19. The maximum atomic E-state index is 12.6. The van der Waals surface area contributed by atoms with Gasteiger partial charge in [-0.25, -0.2) is 0 Å². The molecule has 0 aliphatic carbocycles. The van der Waals surface area contributed by atoms with Gasteiger partial charge in [-0.05, 0) is 5.56 Å². The Labute approximate surface area is 118 Å². The van der Waals surface area contributed by atoms with Crippen LogP contribution in [0.15, 0.2) is 36.5 Å². The number of nitrogens with zero attached hydrogens (tertiary/aromatic N) is 1. The van der Waals surface area contributed by atoms with Crippen LogP contribution in [0, 0.1) is 6.42 Å². The zero-order valence-corrected chi connectivity index (χ0v) is 10.9. The van der Waals surface area contributed by atoms with Crippen LogP contribution in [-0.4, -0.2) is 4.98 Å². The minimum atomic E-state index is -4.57. The minimum absolute atomic E-state index is 0.200. The van der Waals surface area contributed by atoms with E-state index < -0.39 is 16.8 Å². The van der Waals surface area contributed by atoms with Gasteiger partial charge in [0.05, 0.1) is 21.3 Å². The largest absolute Gasteiger partial charge is 0.419 e. The molecule has 1 aromatic carbocycles. The average molecular weight is 305 g/mol. The molecule has 0 aliphatic heterocycles. The molecule has 0 spiro atoms.